The molecule has 2 aromatic heterocycles. The lowest BCUT2D eigenvalue weighted by Gasteiger charge is -2.19. The van der Waals surface area contributed by atoms with E-state index < -0.39 is 0 Å². The Balaban J connectivity index is 0.000000353. The normalized spacial score (nSPS) is 12.0. The maximum Gasteiger partial charge on any atom is 0.160 e. The van der Waals surface area contributed by atoms with Gasteiger partial charge in [0.1, 0.15) is 5.69 Å². The van der Waals surface area contributed by atoms with Gasteiger partial charge in [0.15, 0.2) is 6.29 Å². The van der Waals surface area contributed by atoms with Crippen LogP contribution in [-0.2, 0) is 4.74 Å². The van der Waals surface area contributed by atoms with Gasteiger partial charge in [-0.15, -0.1) is 22.7 Å². The monoisotopic (exact) mass is 651 g/mol. The maximum absolute atomic E-state index is 10.9. The van der Waals surface area contributed by atoms with Crippen molar-refractivity contribution in [1.82, 2.24) is 4.98 Å². The van der Waals surface area contributed by atoms with Crippen molar-refractivity contribution < 1.29 is 14.6 Å². The standard InChI is InChI=1S/C17H11NOS2.C10H15P.C7H14O.C2H6.CH4O/c1-12-8-16(21-17(12)9-19)14-5-2-13(3-6-14)4-7-15-10-20-11-18-15;1-8-5-6-10(11(3)4)9(2)7-8;1-2-7-3-5-8-6-4-7;2*1-2/h2-3,5-6,8-11H,1H3;5-7H,1-4H3;7H,2-6H2,1H3;1-2H3;2H,1H3. The molecule has 2 aromatic carbocycles. The third-order valence-electron chi connectivity index (χ3n) is 6.75. The molecule has 0 atom stereocenters. The van der Waals surface area contributed by atoms with Crippen molar-refractivity contribution in [1.29, 1.82) is 0 Å². The Morgan fingerprint density at radius 1 is 0.977 bits per heavy atom. The highest BCUT2D eigenvalue weighted by Crippen LogP contribution is 2.30. The second kappa shape index (κ2) is 22.8. The van der Waals surface area contributed by atoms with Gasteiger partial charge >= 0.3 is 0 Å². The number of carbonyl (C=O) groups excluding carboxylic acids is 1. The van der Waals surface area contributed by atoms with Crippen molar-refractivity contribution in [3.8, 4) is 22.3 Å². The first kappa shape index (κ1) is 39.4. The summed E-state index contributed by atoms with van der Waals surface area (Å²) >= 11 is 3.06. The molecular weight excluding hydrogens is 602 g/mol. The molecular formula is C37H50NO3PS2. The Labute approximate surface area is 275 Å². The van der Waals surface area contributed by atoms with E-state index in [4.69, 9.17) is 9.84 Å². The van der Waals surface area contributed by atoms with Crippen LogP contribution in [0.15, 0.2) is 59.4 Å². The molecule has 44 heavy (non-hydrogen) atoms. The van der Waals surface area contributed by atoms with Gasteiger partial charge in [0, 0.05) is 36.1 Å². The van der Waals surface area contributed by atoms with E-state index in [2.05, 4.69) is 69.1 Å². The molecule has 0 saturated carbocycles. The van der Waals surface area contributed by atoms with Crippen LogP contribution in [0.3, 0.4) is 0 Å². The highest BCUT2D eigenvalue weighted by molar-refractivity contribution is 7.64. The van der Waals surface area contributed by atoms with Crippen LogP contribution in [0.4, 0.5) is 0 Å². The minimum atomic E-state index is 0.0712. The maximum atomic E-state index is 10.9. The van der Waals surface area contributed by atoms with Crippen molar-refractivity contribution in [3.63, 3.8) is 0 Å². The van der Waals surface area contributed by atoms with E-state index in [1.54, 1.807) is 5.51 Å². The highest BCUT2D eigenvalue weighted by Gasteiger charge is 2.10. The highest BCUT2D eigenvalue weighted by atomic mass is 32.1. The molecule has 0 radical (unpaired) electrons. The van der Waals surface area contributed by atoms with Gasteiger partial charge in [-0.3, -0.25) is 4.79 Å². The molecule has 4 aromatic rings. The third kappa shape index (κ3) is 14.0. The number of aromatic nitrogens is 1. The number of thiazole rings is 1. The van der Waals surface area contributed by atoms with Gasteiger partial charge in [-0.2, -0.15) is 0 Å². The zero-order valence-electron chi connectivity index (χ0n) is 27.9. The van der Waals surface area contributed by atoms with E-state index in [0.717, 1.165) is 64.7 Å². The fourth-order valence-corrected chi connectivity index (χ4v) is 6.97. The summed E-state index contributed by atoms with van der Waals surface area (Å²) in [5, 5.41) is 10.5. The molecule has 4 nitrogen and oxygen atoms in total. The van der Waals surface area contributed by atoms with E-state index in [0.29, 0.717) is 0 Å². The molecule has 0 unspecified atom stereocenters. The van der Waals surface area contributed by atoms with Gasteiger partial charge in [0.05, 0.1) is 10.4 Å². The summed E-state index contributed by atoms with van der Waals surface area (Å²) in [6.45, 7) is 19.2. The number of aliphatic hydroxyl groups is 1. The average Bonchev–Trinajstić information content (AvgIpc) is 3.72. The number of benzene rings is 2. The number of aryl methyl sites for hydroxylation is 3. The van der Waals surface area contributed by atoms with Crippen molar-refractivity contribution in [2.75, 3.05) is 33.7 Å². The van der Waals surface area contributed by atoms with Crippen LogP contribution in [-0.4, -0.2) is 50.0 Å². The van der Waals surface area contributed by atoms with Gasteiger partial charge < -0.3 is 9.84 Å². The Kier molecular flexibility index (Phi) is 20.4. The molecule has 0 spiro atoms. The molecule has 0 bridgehead atoms. The molecule has 3 heterocycles. The average molecular weight is 652 g/mol. The lowest BCUT2D eigenvalue weighted by molar-refractivity contribution is 0.0654. The summed E-state index contributed by atoms with van der Waals surface area (Å²) in [6, 6.07) is 16.8. The Bertz CT molecular complexity index is 1400. The summed E-state index contributed by atoms with van der Waals surface area (Å²) in [4.78, 5) is 16.9. The quantitative estimate of drug-likeness (QED) is 0.136. The number of aliphatic hydroxyl groups excluding tert-OH is 1. The van der Waals surface area contributed by atoms with E-state index >= 15 is 0 Å². The number of nitrogens with zero attached hydrogens (tertiary/aromatic N) is 1. The van der Waals surface area contributed by atoms with Crippen molar-refractivity contribution in [3.05, 3.63) is 92.2 Å². The van der Waals surface area contributed by atoms with E-state index in [9.17, 15) is 4.79 Å². The van der Waals surface area contributed by atoms with Crippen LogP contribution in [0.1, 0.15) is 77.7 Å². The number of hydrogen-bond acceptors (Lipinski definition) is 6. The molecule has 5 rings (SSSR count). The lowest BCUT2D eigenvalue weighted by atomic mass is 9.98. The summed E-state index contributed by atoms with van der Waals surface area (Å²) in [5.41, 5.74) is 8.47. The van der Waals surface area contributed by atoms with Crippen LogP contribution >= 0.6 is 30.6 Å². The third-order valence-corrected chi connectivity index (χ3v) is 10.0. The molecule has 0 aliphatic carbocycles. The minimum Gasteiger partial charge on any atom is -0.400 e. The Morgan fingerprint density at radius 3 is 2.11 bits per heavy atom. The largest absolute Gasteiger partial charge is 0.400 e. The van der Waals surface area contributed by atoms with Crippen LogP contribution in [0.25, 0.3) is 10.4 Å². The van der Waals surface area contributed by atoms with Crippen LogP contribution in [0.2, 0.25) is 0 Å². The lowest BCUT2D eigenvalue weighted by Crippen LogP contribution is -2.14. The molecule has 1 aliphatic heterocycles. The van der Waals surface area contributed by atoms with Crippen molar-refractivity contribution in [2.24, 2.45) is 5.92 Å². The fourth-order valence-electron chi connectivity index (χ4n) is 4.35. The van der Waals surface area contributed by atoms with Crippen LogP contribution in [0.5, 0.6) is 0 Å². The number of carbonyl (C=O) groups is 1. The molecule has 1 saturated heterocycles. The fraction of sp³-hybridized carbons (Fsp3) is 0.405. The summed E-state index contributed by atoms with van der Waals surface area (Å²) in [5.74, 6) is 7.08. The summed E-state index contributed by atoms with van der Waals surface area (Å²) in [7, 11) is 1.07. The molecule has 7 heteroatoms. The first-order valence-electron chi connectivity index (χ1n) is 15.1. The Hall–Kier alpha value is -2.65. The smallest absolute Gasteiger partial charge is 0.160 e. The van der Waals surface area contributed by atoms with Gasteiger partial charge in [-0.05, 0) is 99.0 Å². The molecule has 1 aliphatic rings. The molecule has 0 amide bonds. The number of thiophene rings is 1. The van der Waals surface area contributed by atoms with E-state index in [1.807, 2.05) is 56.5 Å². The van der Waals surface area contributed by atoms with Crippen LogP contribution in [0, 0.1) is 38.5 Å². The van der Waals surface area contributed by atoms with Gasteiger partial charge in [-0.1, -0.05) is 76.9 Å². The number of ether oxygens (including phenoxy) is 1. The van der Waals surface area contributed by atoms with Gasteiger partial charge in [0.2, 0.25) is 0 Å². The molecule has 1 N–H and O–H groups in total. The Morgan fingerprint density at radius 2 is 1.64 bits per heavy atom. The van der Waals surface area contributed by atoms with Crippen molar-refractivity contribution >= 4 is 42.2 Å². The predicted octanol–water partition coefficient (Wildman–Crippen LogP) is 9.52. The SMILES string of the molecule is CC.CCC1CCOCC1.CO.Cc1cc(-c2ccc(C#Cc3cscn3)cc2)sc1C=O.Cc1ccc(P(C)C)c(C)c1. The van der Waals surface area contributed by atoms with E-state index in [1.165, 1.54) is 58.4 Å². The number of rotatable bonds is 4. The molecule has 1 fully saturated rings. The topological polar surface area (TPSA) is 59.4 Å². The number of hydrogen-bond donors (Lipinski definition) is 1. The second-order valence-electron chi connectivity index (χ2n) is 10.1. The second-order valence-corrected chi connectivity index (χ2v) is 14.2. The molecule has 238 valence electrons. The number of aldehydes is 1. The zero-order chi connectivity index (χ0) is 32.9. The van der Waals surface area contributed by atoms with Gasteiger partial charge in [0.25, 0.3) is 0 Å². The van der Waals surface area contributed by atoms with E-state index in [-0.39, 0.29) is 7.92 Å². The summed E-state index contributed by atoms with van der Waals surface area (Å²) < 4.78 is 5.20. The zero-order valence-corrected chi connectivity index (χ0v) is 30.5. The van der Waals surface area contributed by atoms with Crippen LogP contribution < -0.4 is 5.30 Å². The minimum absolute atomic E-state index is 0.0712. The first-order valence-corrected chi connectivity index (χ1v) is 19.1. The first-order chi connectivity index (χ1) is 21.3. The predicted molar refractivity (Wildman–Crippen MR) is 196 cm³/mol. The summed E-state index contributed by atoms with van der Waals surface area (Å²) in [6.07, 6.45) is 4.83. The van der Waals surface area contributed by atoms with Crippen molar-refractivity contribution in [2.45, 2.75) is 60.8 Å². The van der Waals surface area contributed by atoms with Gasteiger partial charge in [-0.25, -0.2) is 4.98 Å².